The lowest BCUT2D eigenvalue weighted by atomic mass is 9.99. The van der Waals surface area contributed by atoms with Gasteiger partial charge < -0.3 is 5.11 Å². The maximum atomic E-state index is 14.0. The van der Waals surface area contributed by atoms with E-state index in [9.17, 15) is 18.7 Å². The van der Waals surface area contributed by atoms with Crippen LogP contribution >= 0.6 is 27.3 Å². The van der Waals surface area contributed by atoms with Gasteiger partial charge in [-0.05, 0) is 24.6 Å². The molecule has 0 atom stereocenters. The van der Waals surface area contributed by atoms with Crippen LogP contribution < -0.4 is 0 Å². The average molecular weight is 426 g/mol. The molecule has 0 saturated heterocycles. The summed E-state index contributed by atoms with van der Waals surface area (Å²) >= 11 is 4.51. The lowest BCUT2D eigenvalue weighted by Gasteiger charge is -2.13. The second kappa shape index (κ2) is 6.93. The quantitative estimate of drug-likeness (QED) is 0.624. The van der Waals surface area contributed by atoms with Crippen molar-refractivity contribution in [2.24, 2.45) is 0 Å². The number of thiazole rings is 1. The number of aromatic carboxylic acids is 1. The molecule has 0 bridgehead atoms. The number of carbonyl (C=O) groups is 1. The van der Waals surface area contributed by atoms with Crippen molar-refractivity contribution in [2.45, 2.75) is 12.3 Å². The Balaban J connectivity index is 2.36. The Morgan fingerprint density at radius 3 is 2.68 bits per heavy atom. The predicted octanol–water partition coefficient (Wildman–Crippen LogP) is 4.45. The molecule has 3 rings (SSSR count). The number of hydrogen-bond acceptors (Lipinski definition) is 5. The van der Waals surface area contributed by atoms with Crippen LogP contribution in [0.15, 0.2) is 23.7 Å². The maximum absolute atomic E-state index is 14.0. The number of aromatic nitrogens is 3. The van der Waals surface area contributed by atoms with E-state index in [0.717, 1.165) is 6.07 Å². The van der Waals surface area contributed by atoms with Gasteiger partial charge in [-0.1, -0.05) is 15.9 Å². The highest BCUT2D eigenvalue weighted by atomic mass is 79.9. The molecule has 2 aromatic heterocycles. The molecule has 0 saturated carbocycles. The minimum Gasteiger partial charge on any atom is -0.478 e. The third-order valence-corrected chi connectivity index (χ3v) is 4.84. The Kier molecular flexibility index (Phi) is 4.87. The smallest absolute Gasteiger partial charge is 0.339 e. The van der Waals surface area contributed by atoms with Crippen molar-refractivity contribution in [2.75, 3.05) is 0 Å². The first-order valence-electron chi connectivity index (χ1n) is 6.99. The Labute approximate surface area is 153 Å². The molecule has 0 aliphatic heterocycles. The van der Waals surface area contributed by atoms with Crippen molar-refractivity contribution in [1.29, 1.82) is 0 Å². The van der Waals surface area contributed by atoms with Crippen LogP contribution in [-0.4, -0.2) is 26.0 Å². The average Bonchev–Trinajstić information content (AvgIpc) is 3.13. The van der Waals surface area contributed by atoms with Gasteiger partial charge >= 0.3 is 5.97 Å². The number of carboxylic acid groups (broad SMARTS) is 1. The summed E-state index contributed by atoms with van der Waals surface area (Å²) in [5.41, 5.74) is 0.266. The summed E-state index contributed by atoms with van der Waals surface area (Å²) in [6, 6.07) is 2.26. The zero-order valence-corrected chi connectivity index (χ0v) is 15.2. The lowest BCUT2D eigenvalue weighted by Crippen LogP contribution is -2.11. The molecule has 0 radical (unpaired) electrons. The summed E-state index contributed by atoms with van der Waals surface area (Å²) in [6.07, 6.45) is 1.57. The highest BCUT2D eigenvalue weighted by Crippen LogP contribution is 2.32. The minimum atomic E-state index is -1.25. The SMILES string of the molecule is Cc1c(-c2nc(-c3nccs3)nc(CBr)c2C(=O)O)ccc(F)c1F. The van der Waals surface area contributed by atoms with E-state index in [2.05, 4.69) is 30.9 Å². The van der Waals surface area contributed by atoms with Crippen LogP contribution in [-0.2, 0) is 5.33 Å². The van der Waals surface area contributed by atoms with Gasteiger partial charge in [0.1, 0.15) is 5.56 Å². The van der Waals surface area contributed by atoms with Gasteiger partial charge in [-0.25, -0.2) is 28.5 Å². The summed E-state index contributed by atoms with van der Waals surface area (Å²) in [5, 5.41) is 12.0. The van der Waals surface area contributed by atoms with Crippen LogP contribution in [0.1, 0.15) is 21.6 Å². The minimum absolute atomic E-state index is 0.0215. The Bertz CT molecular complexity index is 965. The van der Waals surface area contributed by atoms with Crippen LogP contribution in [0.5, 0.6) is 0 Å². The van der Waals surface area contributed by atoms with Crippen LogP contribution in [0.25, 0.3) is 22.1 Å². The Morgan fingerprint density at radius 2 is 2.08 bits per heavy atom. The number of rotatable bonds is 4. The highest BCUT2D eigenvalue weighted by molar-refractivity contribution is 9.08. The number of halogens is 3. The lowest BCUT2D eigenvalue weighted by molar-refractivity contribution is 0.0696. The second-order valence-corrected chi connectivity index (χ2v) is 6.48. The van der Waals surface area contributed by atoms with E-state index in [1.165, 1.54) is 24.3 Å². The van der Waals surface area contributed by atoms with Crippen molar-refractivity contribution >= 4 is 33.2 Å². The zero-order chi connectivity index (χ0) is 18.1. The van der Waals surface area contributed by atoms with Crippen LogP contribution in [0.4, 0.5) is 8.78 Å². The summed E-state index contributed by atoms with van der Waals surface area (Å²) in [6.45, 7) is 1.37. The number of carboxylic acids is 1. The predicted molar refractivity (Wildman–Crippen MR) is 92.8 cm³/mol. The van der Waals surface area contributed by atoms with Crippen LogP contribution in [0.3, 0.4) is 0 Å². The fourth-order valence-electron chi connectivity index (χ4n) is 2.36. The Hall–Kier alpha value is -2.26. The number of benzene rings is 1. The molecule has 2 heterocycles. The molecular formula is C16H10BrF2N3O2S. The number of hydrogen-bond donors (Lipinski definition) is 1. The van der Waals surface area contributed by atoms with Crippen molar-refractivity contribution in [3.8, 4) is 22.1 Å². The fraction of sp³-hybridized carbons (Fsp3) is 0.125. The van der Waals surface area contributed by atoms with Gasteiger partial charge in [-0.2, -0.15) is 0 Å². The van der Waals surface area contributed by atoms with Crippen molar-refractivity contribution in [3.05, 3.63) is 52.2 Å². The molecule has 3 aromatic rings. The molecular weight excluding hydrogens is 416 g/mol. The normalized spacial score (nSPS) is 10.9. The molecule has 1 aromatic carbocycles. The standard InChI is InChI=1S/C16H10BrF2N3O2S/c1-7-8(2-3-9(18)12(7)19)13-11(16(23)24)10(6-17)21-14(22-13)15-20-4-5-25-15/h2-5H,6H2,1H3,(H,23,24). The fourth-order valence-corrected chi connectivity index (χ4v) is 3.34. The number of nitrogens with zero attached hydrogens (tertiary/aromatic N) is 3. The molecule has 0 unspecified atom stereocenters. The Morgan fingerprint density at radius 1 is 1.32 bits per heavy atom. The van der Waals surface area contributed by atoms with Gasteiger partial charge in [-0.15, -0.1) is 11.3 Å². The van der Waals surface area contributed by atoms with E-state index in [1.807, 2.05) is 0 Å². The summed E-state index contributed by atoms with van der Waals surface area (Å²) in [5.74, 6) is -3.07. The highest BCUT2D eigenvalue weighted by Gasteiger charge is 2.24. The van der Waals surface area contributed by atoms with Crippen molar-refractivity contribution < 1.29 is 18.7 Å². The molecule has 0 fully saturated rings. The van der Waals surface area contributed by atoms with Crippen LogP contribution in [0.2, 0.25) is 0 Å². The van der Waals surface area contributed by atoms with Crippen molar-refractivity contribution in [3.63, 3.8) is 0 Å². The first-order chi connectivity index (χ1) is 11.9. The van der Waals surface area contributed by atoms with Gasteiger partial charge in [0.25, 0.3) is 0 Å². The van der Waals surface area contributed by atoms with E-state index in [1.54, 1.807) is 11.6 Å². The van der Waals surface area contributed by atoms with Gasteiger partial charge in [-0.3, -0.25) is 0 Å². The third kappa shape index (κ3) is 3.16. The molecule has 0 aliphatic carbocycles. The van der Waals surface area contributed by atoms with Gasteiger partial charge in [0.2, 0.25) is 0 Å². The summed E-state index contributed by atoms with van der Waals surface area (Å²) in [4.78, 5) is 24.4. The molecule has 9 heteroatoms. The molecule has 5 nitrogen and oxygen atoms in total. The van der Waals surface area contributed by atoms with E-state index in [4.69, 9.17) is 0 Å². The maximum Gasteiger partial charge on any atom is 0.339 e. The largest absolute Gasteiger partial charge is 0.478 e. The van der Waals surface area contributed by atoms with E-state index >= 15 is 0 Å². The third-order valence-electron chi connectivity index (χ3n) is 3.54. The molecule has 0 aliphatic rings. The van der Waals surface area contributed by atoms with E-state index < -0.39 is 17.6 Å². The molecule has 1 N–H and O–H groups in total. The van der Waals surface area contributed by atoms with Crippen LogP contribution in [0, 0.1) is 18.6 Å². The zero-order valence-electron chi connectivity index (χ0n) is 12.8. The topological polar surface area (TPSA) is 76.0 Å². The summed E-state index contributed by atoms with van der Waals surface area (Å²) < 4.78 is 27.4. The first-order valence-corrected chi connectivity index (χ1v) is 8.99. The van der Waals surface area contributed by atoms with Gasteiger partial charge in [0, 0.05) is 22.5 Å². The second-order valence-electron chi connectivity index (χ2n) is 5.03. The molecule has 0 amide bonds. The first kappa shape index (κ1) is 17.6. The summed E-state index contributed by atoms with van der Waals surface area (Å²) in [7, 11) is 0. The number of alkyl halides is 1. The van der Waals surface area contributed by atoms with E-state index in [0.29, 0.717) is 5.01 Å². The van der Waals surface area contributed by atoms with Crippen molar-refractivity contribution in [1.82, 2.24) is 15.0 Å². The molecule has 25 heavy (non-hydrogen) atoms. The van der Waals surface area contributed by atoms with E-state index in [-0.39, 0.29) is 39.2 Å². The monoisotopic (exact) mass is 425 g/mol. The van der Waals surface area contributed by atoms with Gasteiger partial charge in [0.15, 0.2) is 22.5 Å². The molecule has 0 spiro atoms. The molecule has 128 valence electrons. The van der Waals surface area contributed by atoms with Gasteiger partial charge in [0.05, 0.1) is 11.4 Å².